The van der Waals surface area contributed by atoms with Gasteiger partial charge < -0.3 is 4.42 Å². The first-order chi connectivity index (χ1) is 38.2. The molecule has 0 aliphatic carbocycles. The van der Waals surface area contributed by atoms with Crippen molar-refractivity contribution in [2.45, 2.75) is 0 Å². The van der Waals surface area contributed by atoms with E-state index in [9.17, 15) is 0 Å². The molecule has 5 heteroatoms. The molecule has 0 fully saturated rings. The number of rotatable bonds is 8. The van der Waals surface area contributed by atoms with Gasteiger partial charge in [0.15, 0.2) is 8.07 Å². The Morgan fingerprint density at radius 3 is 0.922 bits per heavy atom. The van der Waals surface area contributed by atoms with Crippen molar-refractivity contribution in [1.29, 1.82) is 0 Å². The molecular weight excluding hydrogens is 1010 g/mol. The summed E-state index contributed by atoms with van der Waals surface area (Å²) >= 11 is 5.67. The fourth-order valence-corrected chi connectivity index (χ4v) is 20.9. The summed E-state index contributed by atoms with van der Waals surface area (Å²) in [6.07, 6.45) is 0. The van der Waals surface area contributed by atoms with Gasteiger partial charge in [0.2, 0.25) is 0 Å². The van der Waals surface area contributed by atoms with E-state index in [2.05, 4.69) is 261 Å². The lowest BCUT2D eigenvalue weighted by molar-refractivity contribution is 0.670. The van der Waals surface area contributed by atoms with E-state index in [-0.39, 0.29) is 0 Å². The molecule has 0 N–H and O–H groups in total. The third kappa shape index (κ3) is 6.95. The van der Waals surface area contributed by atoms with Crippen LogP contribution in [0.2, 0.25) is 0 Å². The molecule has 0 aliphatic rings. The quantitative estimate of drug-likeness (QED) is 0.109. The number of furan rings is 1. The van der Waals surface area contributed by atoms with Crippen molar-refractivity contribution in [1.82, 2.24) is 0 Å². The molecule has 0 amide bonds. The van der Waals surface area contributed by atoms with Crippen LogP contribution in [0.4, 0.5) is 0 Å². The first kappa shape index (κ1) is 44.6. The van der Waals surface area contributed by atoms with E-state index in [0.717, 1.165) is 33.1 Å². The van der Waals surface area contributed by atoms with Gasteiger partial charge in [0.05, 0.1) is 0 Å². The summed E-state index contributed by atoms with van der Waals surface area (Å²) in [5.74, 6) is 0. The maximum atomic E-state index is 6.63. The summed E-state index contributed by atoms with van der Waals surface area (Å²) in [6.45, 7) is 0. The lowest BCUT2D eigenvalue weighted by Crippen LogP contribution is -2.74. The van der Waals surface area contributed by atoms with Crippen molar-refractivity contribution < 1.29 is 4.42 Å². The molecule has 0 unspecified atom stereocenters. The number of para-hydroxylation sites is 2. The van der Waals surface area contributed by atoms with Crippen LogP contribution in [-0.4, -0.2) is 8.07 Å². The summed E-state index contributed by atoms with van der Waals surface area (Å²) in [7, 11) is -3.13. The molecule has 77 heavy (non-hydrogen) atoms. The van der Waals surface area contributed by atoms with Crippen LogP contribution in [0.15, 0.2) is 271 Å². The highest BCUT2D eigenvalue weighted by atomic mass is 32.1. The van der Waals surface area contributed by atoms with E-state index < -0.39 is 8.07 Å². The lowest BCUT2D eigenvalue weighted by Gasteiger charge is -2.35. The maximum absolute atomic E-state index is 6.63. The highest BCUT2D eigenvalue weighted by Crippen LogP contribution is 2.43. The van der Waals surface area contributed by atoms with Gasteiger partial charge in [-0.1, -0.05) is 243 Å². The molecule has 12 aromatic carbocycles. The molecule has 0 radical (unpaired) electrons. The number of hydrogen-bond acceptors (Lipinski definition) is 4. The first-order valence-corrected chi connectivity index (χ1v) is 30.7. The van der Waals surface area contributed by atoms with E-state index in [1.165, 1.54) is 115 Å². The zero-order valence-electron chi connectivity index (χ0n) is 41.5. The highest BCUT2D eigenvalue weighted by molar-refractivity contribution is 7.27. The zero-order chi connectivity index (χ0) is 50.6. The Hall–Kier alpha value is -8.68. The highest BCUT2D eigenvalue weighted by Gasteiger charge is 2.42. The van der Waals surface area contributed by atoms with Crippen molar-refractivity contribution >= 4 is 145 Å². The number of thiophene rings is 3. The summed E-state index contributed by atoms with van der Waals surface area (Å²) < 4.78 is 14.6. The first-order valence-electron chi connectivity index (χ1n) is 26.2. The molecule has 0 aliphatic heterocycles. The van der Waals surface area contributed by atoms with Crippen molar-refractivity contribution in [3.05, 3.63) is 267 Å². The van der Waals surface area contributed by atoms with E-state index in [4.69, 9.17) is 4.42 Å². The Bertz CT molecular complexity index is 4330. The van der Waals surface area contributed by atoms with E-state index in [1.807, 2.05) is 40.1 Å². The second kappa shape index (κ2) is 17.7. The molecule has 4 aromatic heterocycles. The van der Waals surface area contributed by atoms with Gasteiger partial charge in [-0.25, -0.2) is 0 Å². The average molecular weight is 1050 g/mol. The van der Waals surface area contributed by atoms with Gasteiger partial charge in [-0.3, -0.25) is 0 Å². The average Bonchev–Trinajstić information content (AvgIpc) is 4.30. The van der Waals surface area contributed by atoms with Crippen LogP contribution in [-0.2, 0) is 0 Å². The van der Waals surface area contributed by atoms with Crippen molar-refractivity contribution in [2.24, 2.45) is 0 Å². The van der Waals surface area contributed by atoms with E-state index in [1.54, 1.807) is 0 Å². The third-order valence-electron chi connectivity index (χ3n) is 16.1. The number of hydrogen-bond donors (Lipinski definition) is 0. The second-order valence-electron chi connectivity index (χ2n) is 20.2. The van der Waals surface area contributed by atoms with Crippen LogP contribution in [0.1, 0.15) is 0 Å². The predicted octanol–water partition coefficient (Wildman–Crippen LogP) is 18.7. The van der Waals surface area contributed by atoms with Crippen LogP contribution >= 0.6 is 34.0 Å². The molecule has 0 saturated heterocycles. The summed E-state index contributed by atoms with van der Waals surface area (Å²) in [5.41, 5.74) is 11.5. The number of fused-ring (bicyclic) bond motifs is 12. The minimum atomic E-state index is -3.13. The maximum Gasteiger partial charge on any atom is 0.179 e. The van der Waals surface area contributed by atoms with Crippen LogP contribution in [0, 0.1) is 0 Å². The largest absolute Gasteiger partial charge is 0.455 e. The topological polar surface area (TPSA) is 13.1 Å². The van der Waals surface area contributed by atoms with Crippen molar-refractivity contribution in [3.63, 3.8) is 0 Å². The zero-order valence-corrected chi connectivity index (χ0v) is 45.0. The fourth-order valence-electron chi connectivity index (χ4n) is 12.5. The number of benzene rings is 12. The van der Waals surface area contributed by atoms with Crippen LogP contribution in [0.25, 0.3) is 127 Å². The molecule has 16 rings (SSSR count). The Morgan fingerprint density at radius 1 is 0.234 bits per heavy atom. The smallest absolute Gasteiger partial charge is 0.179 e. The Morgan fingerprint density at radius 2 is 0.532 bits per heavy atom. The SMILES string of the molecule is c1ccc2c(c1)oc1c(-c3ccc([Si](c4ccc(-c5cccc6c5sc5ccccc56)cc4)(c4ccc(-c5cccc6c5sc5ccccc56)cc4)c4ccc(-c5cccc6c5sc5ccccc56)cc4)cc3)cccc12. The van der Waals surface area contributed by atoms with Gasteiger partial charge in [0.25, 0.3) is 0 Å². The van der Waals surface area contributed by atoms with Gasteiger partial charge >= 0.3 is 0 Å². The lowest BCUT2D eigenvalue weighted by atomic mass is 10.0. The molecular formula is C72H44OS3Si. The van der Waals surface area contributed by atoms with E-state index >= 15 is 0 Å². The standard InChI is InChI=1S/C72H44OS3Si/c1-5-25-65-57(13-1)61-21-9-17-53(69(61)73-65)45-29-37-49(38-30-45)77(50-39-31-46(32-40-50)54-18-10-22-62-58-14-2-6-26-66(58)74-70(54)62,51-41-33-47(34-42-51)55-19-11-23-63-59-15-3-7-27-67(59)75-71(55)63)52-43-35-48(36-44-52)56-20-12-24-64-60-16-4-8-28-68(60)76-72(56)64/h1-44H. The minimum absolute atomic E-state index is 0.907. The fraction of sp³-hybridized carbons (Fsp3) is 0. The minimum Gasteiger partial charge on any atom is -0.455 e. The van der Waals surface area contributed by atoms with Crippen LogP contribution in [0.3, 0.4) is 0 Å². The Labute approximate surface area is 457 Å². The third-order valence-corrected chi connectivity index (χ3v) is 24.6. The van der Waals surface area contributed by atoms with Gasteiger partial charge in [-0.15, -0.1) is 34.0 Å². The summed E-state index contributed by atoms with van der Waals surface area (Å²) in [4.78, 5) is 0. The van der Waals surface area contributed by atoms with Crippen LogP contribution < -0.4 is 20.7 Å². The van der Waals surface area contributed by atoms with Gasteiger partial charge in [0, 0.05) is 76.9 Å². The molecule has 0 bridgehead atoms. The molecule has 0 saturated carbocycles. The normalized spacial score (nSPS) is 12.2. The monoisotopic (exact) mass is 1050 g/mol. The Balaban J connectivity index is 0.914. The second-order valence-corrected chi connectivity index (χ2v) is 27.1. The molecule has 360 valence electrons. The van der Waals surface area contributed by atoms with Gasteiger partial charge in [0.1, 0.15) is 11.2 Å². The van der Waals surface area contributed by atoms with Gasteiger partial charge in [-0.2, -0.15) is 0 Å². The molecule has 1 nitrogen and oxygen atoms in total. The summed E-state index contributed by atoms with van der Waals surface area (Å²) in [6, 6.07) is 100. The Kier molecular flexibility index (Phi) is 10.3. The molecule has 0 atom stereocenters. The van der Waals surface area contributed by atoms with E-state index in [0.29, 0.717) is 0 Å². The van der Waals surface area contributed by atoms with Gasteiger partial charge in [-0.05, 0) is 84.0 Å². The predicted molar refractivity (Wildman–Crippen MR) is 338 cm³/mol. The van der Waals surface area contributed by atoms with Crippen molar-refractivity contribution in [2.75, 3.05) is 0 Å². The summed E-state index contributed by atoms with van der Waals surface area (Å²) in [5, 5.41) is 15.5. The molecule has 16 aromatic rings. The molecule has 4 heterocycles. The van der Waals surface area contributed by atoms with Crippen molar-refractivity contribution in [3.8, 4) is 44.5 Å². The van der Waals surface area contributed by atoms with Crippen LogP contribution in [0.5, 0.6) is 0 Å². The molecule has 0 spiro atoms.